The van der Waals surface area contributed by atoms with E-state index in [0.29, 0.717) is 6.07 Å². The summed E-state index contributed by atoms with van der Waals surface area (Å²) in [5, 5.41) is 21.4. The quantitative estimate of drug-likeness (QED) is 0.345. The van der Waals surface area contributed by atoms with E-state index in [4.69, 9.17) is 5.73 Å². The molecule has 0 aliphatic carbocycles. The van der Waals surface area contributed by atoms with Gasteiger partial charge in [-0.2, -0.15) is 17.5 Å². The summed E-state index contributed by atoms with van der Waals surface area (Å²) in [7, 11) is 0. The summed E-state index contributed by atoms with van der Waals surface area (Å²) in [5.74, 6) is -3.36. The van der Waals surface area contributed by atoms with E-state index in [0.717, 1.165) is 34.3 Å². The average Bonchev–Trinajstić information content (AvgIpc) is 3.23. The van der Waals surface area contributed by atoms with Crippen LogP contribution in [0.4, 0.5) is 18.3 Å². The monoisotopic (exact) mass is 530 g/mol. The zero-order chi connectivity index (χ0) is 25.5. The number of nitrogens with one attached hydrogen (secondary N) is 1. The van der Waals surface area contributed by atoms with Crippen molar-refractivity contribution in [3.05, 3.63) is 39.2 Å². The van der Waals surface area contributed by atoms with E-state index < -0.39 is 47.8 Å². The van der Waals surface area contributed by atoms with Crippen LogP contribution in [0.15, 0.2) is 32.9 Å². The molecule has 0 saturated carbocycles. The van der Waals surface area contributed by atoms with E-state index in [1.807, 2.05) is 0 Å². The Morgan fingerprint density at radius 1 is 1.34 bits per heavy atom. The largest absolute Gasteiger partial charge is 0.477 e. The molecule has 2 aliphatic heterocycles. The fourth-order valence-electron chi connectivity index (χ4n) is 3.58. The number of nitrogens with two attached hydrogens (primary N) is 1. The van der Waals surface area contributed by atoms with Crippen molar-refractivity contribution in [2.24, 2.45) is 5.18 Å². The molecule has 4 rings (SSSR count). The van der Waals surface area contributed by atoms with E-state index in [2.05, 4.69) is 30.0 Å². The van der Waals surface area contributed by atoms with E-state index >= 15 is 0 Å². The zero-order valence-electron chi connectivity index (χ0n) is 17.1. The number of carboxylic acid groups (broad SMARTS) is 1. The molecule has 3 atom stereocenters. The molecule has 4 N–H and O–H groups in total. The first-order chi connectivity index (χ1) is 16.5. The number of carbonyl (C=O) groups is 3. The maximum absolute atomic E-state index is 12.7. The second kappa shape index (κ2) is 9.17. The Kier molecular flexibility index (Phi) is 6.41. The number of aliphatic carboxylic acids is 1. The van der Waals surface area contributed by atoms with Gasteiger partial charge in [0.15, 0.2) is 16.6 Å². The number of fused-ring (bicyclic) bond motifs is 1. The van der Waals surface area contributed by atoms with Crippen LogP contribution >= 0.6 is 23.3 Å². The van der Waals surface area contributed by atoms with Crippen molar-refractivity contribution in [2.75, 3.05) is 5.73 Å². The summed E-state index contributed by atoms with van der Waals surface area (Å²) in [6.07, 6.45) is -4.32. The number of alkyl halides is 3. The van der Waals surface area contributed by atoms with Crippen molar-refractivity contribution < 1.29 is 32.7 Å². The van der Waals surface area contributed by atoms with Gasteiger partial charge >= 0.3 is 12.1 Å². The molecule has 0 spiro atoms. The van der Waals surface area contributed by atoms with Gasteiger partial charge in [0.2, 0.25) is 6.04 Å². The van der Waals surface area contributed by atoms with Gasteiger partial charge in [-0.15, -0.1) is 15.1 Å². The van der Waals surface area contributed by atoms with Gasteiger partial charge in [-0.25, -0.2) is 9.78 Å². The molecule has 2 unspecified atom stereocenters. The molecular weight excluding hydrogens is 517 g/mol. The van der Waals surface area contributed by atoms with Gasteiger partial charge in [-0.05, 0) is 30.2 Å². The maximum atomic E-state index is 12.7. The molecule has 2 aromatic heterocycles. The number of β-lactam (4-membered cyclic amide) rings is 1. The molecule has 0 radical (unpaired) electrons. The van der Waals surface area contributed by atoms with Crippen molar-refractivity contribution in [2.45, 2.75) is 42.2 Å². The second-order valence-corrected chi connectivity index (χ2v) is 9.13. The predicted molar refractivity (Wildman–Crippen MR) is 112 cm³/mol. The van der Waals surface area contributed by atoms with Crippen molar-refractivity contribution in [1.82, 2.24) is 29.8 Å². The van der Waals surface area contributed by atoms with E-state index in [9.17, 15) is 37.6 Å². The number of hydrogen-bond donors (Lipinski definition) is 3. The van der Waals surface area contributed by atoms with Crippen LogP contribution in [0.3, 0.4) is 0 Å². The molecule has 1 saturated heterocycles. The van der Waals surface area contributed by atoms with Crippen LogP contribution in [0.2, 0.25) is 0 Å². The molecule has 2 aliphatic rings. The van der Waals surface area contributed by atoms with Crippen LogP contribution in [-0.4, -0.2) is 59.4 Å². The number of rotatable bonds is 7. The summed E-state index contributed by atoms with van der Waals surface area (Å²) in [6.45, 7) is 0. The number of aromatic nitrogens is 4. The van der Waals surface area contributed by atoms with Gasteiger partial charge in [0.1, 0.15) is 16.8 Å². The Bertz CT molecular complexity index is 1240. The first-order valence-electron chi connectivity index (χ1n) is 9.61. The van der Waals surface area contributed by atoms with Crippen LogP contribution in [-0.2, 0) is 20.6 Å². The highest BCUT2D eigenvalue weighted by Crippen LogP contribution is 2.43. The number of thioether (sulfide) groups is 1. The van der Waals surface area contributed by atoms with Crippen LogP contribution in [0.5, 0.6) is 0 Å². The van der Waals surface area contributed by atoms with Gasteiger partial charge in [0.25, 0.3) is 11.8 Å². The molecular formula is C17H13F3N8O5S2. The second-order valence-electron chi connectivity index (χ2n) is 7.23. The van der Waals surface area contributed by atoms with Gasteiger partial charge in [0.05, 0.1) is 6.04 Å². The van der Waals surface area contributed by atoms with Gasteiger partial charge < -0.3 is 16.2 Å². The van der Waals surface area contributed by atoms with Crippen LogP contribution in [0.1, 0.15) is 30.4 Å². The third kappa shape index (κ3) is 4.65. The van der Waals surface area contributed by atoms with E-state index in [1.165, 1.54) is 0 Å². The highest BCUT2D eigenvalue weighted by atomic mass is 32.2. The SMILES string of the molecule is Nc1nc(C(N=O)C(=O)N[C@@H]2C(=O)N3C(C(=O)O)=C(Sc4ccc(C(F)(F)F)nn4)CCC23)ns1. The molecule has 18 heteroatoms. The molecule has 13 nitrogen and oxygen atoms in total. The van der Waals surface area contributed by atoms with E-state index in [1.54, 1.807) is 0 Å². The summed E-state index contributed by atoms with van der Waals surface area (Å²) < 4.78 is 41.8. The number of nitrogen functional groups attached to an aromatic ring is 1. The Balaban J connectivity index is 1.50. The highest BCUT2D eigenvalue weighted by Gasteiger charge is 2.54. The van der Waals surface area contributed by atoms with Gasteiger partial charge in [-0.3, -0.25) is 14.5 Å². The number of carboxylic acids is 1. The molecule has 0 bridgehead atoms. The number of nitrogens with zero attached hydrogens (tertiary/aromatic N) is 6. The van der Waals surface area contributed by atoms with Crippen LogP contribution in [0, 0.1) is 4.91 Å². The lowest BCUT2D eigenvalue weighted by Crippen LogP contribution is -2.71. The summed E-state index contributed by atoms with van der Waals surface area (Å²) in [5.41, 5.74) is 3.87. The van der Waals surface area contributed by atoms with Crippen molar-refractivity contribution in [1.29, 1.82) is 0 Å². The minimum Gasteiger partial charge on any atom is -0.477 e. The lowest BCUT2D eigenvalue weighted by molar-refractivity contribution is -0.156. The number of hydrogen-bond acceptors (Lipinski definition) is 12. The lowest BCUT2D eigenvalue weighted by atomic mass is 9.86. The number of anilines is 1. The zero-order valence-corrected chi connectivity index (χ0v) is 18.7. The molecule has 184 valence electrons. The predicted octanol–water partition coefficient (Wildman–Crippen LogP) is 1.31. The molecule has 0 aromatic carbocycles. The van der Waals surface area contributed by atoms with Crippen LogP contribution < -0.4 is 11.1 Å². The first kappa shape index (κ1) is 24.5. The molecule has 35 heavy (non-hydrogen) atoms. The Labute approximate surface area is 201 Å². The normalized spacial score (nSPS) is 20.7. The Morgan fingerprint density at radius 3 is 2.63 bits per heavy atom. The van der Waals surface area contributed by atoms with Crippen molar-refractivity contribution in [3.8, 4) is 0 Å². The van der Waals surface area contributed by atoms with Crippen molar-refractivity contribution in [3.63, 3.8) is 0 Å². The topological polar surface area (TPSA) is 194 Å². The Morgan fingerprint density at radius 2 is 2.09 bits per heavy atom. The summed E-state index contributed by atoms with van der Waals surface area (Å²) in [6, 6.07) is -1.72. The highest BCUT2D eigenvalue weighted by molar-refractivity contribution is 8.03. The van der Waals surface area contributed by atoms with Crippen LogP contribution in [0.25, 0.3) is 0 Å². The van der Waals surface area contributed by atoms with E-state index in [-0.39, 0.29) is 39.4 Å². The standard InChI is InChI=1S/C17H13F3N8O5S2/c18-17(19,20)7-3-4-8(25-24-7)34-6-2-1-5-9(14(30)28(5)11(6)15(31)32)22-13(29)10(26-33)12-23-16(21)35-27-12/h3-5,9-10H,1-2H2,(H,22,29)(H,31,32)(H2,21,23,27)/t5?,9-,10?/m0/s1. The van der Waals surface area contributed by atoms with Gasteiger partial charge in [0, 0.05) is 16.4 Å². The molecule has 4 heterocycles. The summed E-state index contributed by atoms with van der Waals surface area (Å²) in [4.78, 5) is 53.2. The third-order valence-corrected chi connectivity index (χ3v) is 6.73. The number of carbonyl (C=O) groups excluding carboxylic acids is 2. The minimum atomic E-state index is -4.68. The third-order valence-electron chi connectivity index (χ3n) is 5.11. The average molecular weight is 530 g/mol. The number of amides is 2. The fourth-order valence-corrected chi connectivity index (χ4v) is 5.02. The molecule has 2 amide bonds. The fraction of sp³-hybridized carbons (Fsp3) is 0.353. The summed E-state index contributed by atoms with van der Waals surface area (Å²) >= 11 is 1.53. The van der Waals surface area contributed by atoms with Crippen molar-refractivity contribution >= 4 is 46.2 Å². The number of halogens is 3. The maximum Gasteiger partial charge on any atom is 0.435 e. The molecule has 1 fully saturated rings. The lowest BCUT2D eigenvalue weighted by Gasteiger charge is -2.50. The Hall–Kier alpha value is -3.67. The smallest absolute Gasteiger partial charge is 0.435 e. The molecule has 2 aromatic rings. The number of allylic oxidation sites excluding steroid dienone is 1. The minimum absolute atomic E-state index is 0.0120. The first-order valence-corrected chi connectivity index (χ1v) is 11.2. The van der Waals surface area contributed by atoms with Gasteiger partial charge in [-0.1, -0.05) is 11.8 Å². The number of nitroso groups, excluding NO2 is 1.